The fourth-order valence-electron chi connectivity index (χ4n) is 0.783. The summed E-state index contributed by atoms with van der Waals surface area (Å²) >= 11 is 5.69. The Bertz CT molecular complexity index is 124. The van der Waals surface area contributed by atoms with Crippen molar-refractivity contribution in [3.05, 3.63) is 11.3 Å². The summed E-state index contributed by atoms with van der Waals surface area (Å²) in [6.07, 6.45) is 2.49. The van der Waals surface area contributed by atoms with Crippen LogP contribution in [0.25, 0.3) is 0 Å². The van der Waals surface area contributed by atoms with E-state index >= 15 is 0 Å². The molecule has 1 N–H and O–H groups in total. The van der Waals surface area contributed by atoms with Gasteiger partial charge >= 0.3 is 0 Å². The summed E-state index contributed by atoms with van der Waals surface area (Å²) in [5, 5.41) is 3.88. The first-order valence-electron chi connectivity index (χ1n) is 2.96. The Morgan fingerprint density at radius 1 is 1.89 bits per heavy atom. The molecule has 0 spiro atoms. The van der Waals surface area contributed by atoms with Gasteiger partial charge in [0.25, 0.3) is 0 Å². The minimum absolute atomic E-state index is 0.391. The van der Waals surface area contributed by atoms with Crippen LogP contribution in [0, 0.1) is 0 Å². The smallest absolute Gasteiger partial charge is 0.103 e. The molecule has 0 aromatic carbocycles. The SMILES string of the molecule is CNC1COC=C(Cl)C1. The van der Waals surface area contributed by atoms with Gasteiger partial charge in [0.15, 0.2) is 0 Å². The highest BCUT2D eigenvalue weighted by molar-refractivity contribution is 6.29. The van der Waals surface area contributed by atoms with E-state index in [-0.39, 0.29) is 0 Å². The van der Waals surface area contributed by atoms with Gasteiger partial charge in [-0.25, -0.2) is 0 Å². The molecule has 0 aromatic heterocycles. The molecule has 1 rings (SSSR count). The second-order valence-corrected chi connectivity index (χ2v) is 2.57. The Morgan fingerprint density at radius 2 is 2.67 bits per heavy atom. The number of likely N-dealkylation sites (N-methyl/N-ethyl adjacent to an activating group) is 1. The lowest BCUT2D eigenvalue weighted by molar-refractivity contribution is 0.195. The van der Waals surface area contributed by atoms with E-state index in [1.165, 1.54) is 0 Å². The summed E-state index contributed by atoms with van der Waals surface area (Å²) in [4.78, 5) is 0. The first-order chi connectivity index (χ1) is 4.33. The number of ether oxygens (including phenoxy) is 1. The van der Waals surface area contributed by atoms with E-state index in [1.54, 1.807) is 6.26 Å². The van der Waals surface area contributed by atoms with Crippen LogP contribution in [-0.4, -0.2) is 19.7 Å². The Labute approximate surface area is 59.8 Å². The van der Waals surface area contributed by atoms with Crippen LogP contribution in [0.15, 0.2) is 11.3 Å². The van der Waals surface area contributed by atoms with Gasteiger partial charge in [-0.15, -0.1) is 0 Å². The van der Waals surface area contributed by atoms with E-state index in [2.05, 4.69) is 5.32 Å². The molecule has 1 atom stereocenters. The van der Waals surface area contributed by atoms with Crippen LogP contribution >= 0.6 is 11.6 Å². The Hall–Kier alpha value is -0.210. The van der Waals surface area contributed by atoms with Crippen molar-refractivity contribution in [3.63, 3.8) is 0 Å². The molecule has 0 aromatic rings. The molecule has 1 unspecified atom stereocenters. The molecule has 52 valence electrons. The number of hydrogen-bond donors (Lipinski definition) is 1. The summed E-state index contributed by atoms with van der Waals surface area (Å²) in [5.74, 6) is 0. The van der Waals surface area contributed by atoms with Crippen LogP contribution in [0.5, 0.6) is 0 Å². The summed E-state index contributed by atoms with van der Waals surface area (Å²) in [6, 6.07) is 0.391. The number of nitrogens with one attached hydrogen (secondary N) is 1. The van der Waals surface area contributed by atoms with Gasteiger partial charge in [0, 0.05) is 12.5 Å². The average molecular weight is 148 g/mol. The first kappa shape index (κ1) is 6.90. The molecule has 3 heteroatoms. The highest BCUT2D eigenvalue weighted by atomic mass is 35.5. The third-order valence-corrected chi connectivity index (χ3v) is 1.60. The van der Waals surface area contributed by atoms with E-state index < -0.39 is 0 Å². The van der Waals surface area contributed by atoms with Gasteiger partial charge in [-0.1, -0.05) is 11.6 Å². The molecule has 0 saturated heterocycles. The summed E-state index contributed by atoms with van der Waals surface area (Å²) < 4.78 is 5.03. The van der Waals surface area contributed by atoms with Crippen molar-refractivity contribution in [2.24, 2.45) is 0 Å². The van der Waals surface area contributed by atoms with Crippen molar-refractivity contribution in [2.45, 2.75) is 12.5 Å². The van der Waals surface area contributed by atoms with Gasteiger partial charge in [-0.2, -0.15) is 0 Å². The molecule has 0 amide bonds. The zero-order valence-electron chi connectivity index (χ0n) is 5.36. The highest BCUT2D eigenvalue weighted by Gasteiger charge is 2.11. The molecule has 1 aliphatic heterocycles. The van der Waals surface area contributed by atoms with E-state index in [4.69, 9.17) is 16.3 Å². The maximum Gasteiger partial charge on any atom is 0.103 e. The normalized spacial score (nSPS) is 26.9. The average Bonchev–Trinajstić information content (AvgIpc) is 1.88. The minimum Gasteiger partial charge on any atom is -0.498 e. The van der Waals surface area contributed by atoms with Crippen molar-refractivity contribution in [1.82, 2.24) is 5.32 Å². The van der Waals surface area contributed by atoms with Crippen LogP contribution in [0.2, 0.25) is 0 Å². The zero-order valence-corrected chi connectivity index (χ0v) is 6.11. The van der Waals surface area contributed by atoms with Gasteiger partial charge in [0.05, 0.1) is 11.3 Å². The van der Waals surface area contributed by atoms with Crippen LogP contribution in [0.4, 0.5) is 0 Å². The quantitative estimate of drug-likeness (QED) is 0.599. The standard InChI is InChI=1S/C6H10ClNO/c1-8-6-2-5(7)3-9-4-6/h3,6,8H,2,4H2,1H3. The fraction of sp³-hybridized carbons (Fsp3) is 0.667. The molecular weight excluding hydrogens is 138 g/mol. The monoisotopic (exact) mass is 147 g/mol. The molecule has 0 saturated carbocycles. The van der Waals surface area contributed by atoms with Crippen molar-refractivity contribution in [1.29, 1.82) is 0 Å². The third kappa shape index (κ3) is 1.88. The Morgan fingerprint density at radius 3 is 3.11 bits per heavy atom. The number of halogens is 1. The van der Waals surface area contributed by atoms with Gasteiger partial charge in [0.2, 0.25) is 0 Å². The summed E-state index contributed by atoms with van der Waals surface area (Å²) in [7, 11) is 1.91. The topological polar surface area (TPSA) is 21.3 Å². The van der Waals surface area contributed by atoms with E-state index in [0.29, 0.717) is 6.04 Å². The third-order valence-electron chi connectivity index (χ3n) is 1.36. The zero-order chi connectivity index (χ0) is 6.69. The second kappa shape index (κ2) is 3.08. The summed E-state index contributed by atoms with van der Waals surface area (Å²) in [6.45, 7) is 0.729. The Balaban J connectivity index is 2.39. The molecule has 9 heavy (non-hydrogen) atoms. The van der Waals surface area contributed by atoms with E-state index in [9.17, 15) is 0 Å². The molecule has 1 heterocycles. The summed E-state index contributed by atoms with van der Waals surface area (Å²) in [5.41, 5.74) is 0. The molecule has 0 aliphatic carbocycles. The molecule has 2 nitrogen and oxygen atoms in total. The molecule has 1 aliphatic rings. The van der Waals surface area contributed by atoms with Crippen molar-refractivity contribution >= 4 is 11.6 Å². The van der Waals surface area contributed by atoms with Gasteiger partial charge in [-0.05, 0) is 7.05 Å². The first-order valence-corrected chi connectivity index (χ1v) is 3.34. The Kier molecular flexibility index (Phi) is 2.37. The lowest BCUT2D eigenvalue weighted by Gasteiger charge is -2.19. The fourth-order valence-corrected chi connectivity index (χ4v) is 1.03. The number of rotatable bonds is 1. The lowest BCUT2D eigenvalue weighted by atomic mass is 10.2. The molecule has 0 bridgehead atoms. The highest BCUT2D eigenvalue weighted by Crippen LogP contribution is 2.15. The second-order valence-electron chi connectivity index (χ2n) is 2.09. The predicted octanol–water partition coefficient (Wildman–Crippen LogP) is 1.07. The van der Waals surface area contributed by atoms with Gasteiger partial charge in [0.1, 0.15) is 6.61 Å². The van der Waals surface area contributed by atoms with Crippen molar-refractivity contribution in [2.75, 3.05) is 13.7 Å². The van der Waals surface area contributed by atoms with Crippen molar-refractivity contribution in [3.8, 4) is 0 Å². The maximum atomic E-state index is 5.69. The number of hydrogen-bond acceptors (Lipinski definition) is 2. The minimum atomic E-state index is 0.391. The van der Waals surface area contributed by atoms with Crippen LogP contribution in [-0.2, 0) is 4.74 Å². The van der Waals surface area contributed by atoms with Crippen LogP contribution in [0.3, 0.4) is 0 Å². The van der Waals surface area contributed by atoms with Crippen LogP contribution < -0.4 is 5.32 Å². The molecular formula is C6H10ClNO. The van der Waals surface area contributed by atoms with Crippen molar-refractivity contribution < 1.29 is 4.74 Å². The van der Waals surface area contributed by atoms with E-state index in [1.807, 2.05) is 7.05 Å². The largest absolute Gasteiger partial charge is 0.498 e. The maximum absolute atomic E-state index is 5.69. The predicted molar refractivity (Wildman–Crippen MR) is 37.4 cm³/mol. The molecule has 0 radical (unpaired) electrons. The van der Waals surface area contributed by atoms with E-state index in [0.717, 1.165) is 18.1 Å². The van der Waals surface area contributed by atoms with Crippen LogP contribution in [0.1, 0.15) is 6.42 Å². The lowest BCUT2D eigenvalue weighted by Crippen LogP contribution is -2.31. The van der Waals surface area contributed by atoms with Gasteiger partial charge in [-0.3, -0.25) is 0 Å². The van der Waals surface area contributed by atoms with Gasteiger partial charge < -0.3 is 10.1 Å². The molecule has 0 fully saturated rings.